The normalized spacial score (nSPS) is 13.8. The van der Waals surface area contributed by atoms with Gasteiger partial charge in [-0.15, -0.1) is 4.36 Å². The first-order valence-electron chi connectivity index (χ1n) is 3.84. The van der Waals surface area contributed by atoms with Gasteiger partial charge in [-0.25, -0.2) is 4.21 Å². The van der Waals surface area contributed by atoms with Crippen molar-refractivity contribution in [3.63, 3.8) is 0 Å². The summed E-state index contributed by atoms with van der Waals surface area (Å²) < 4.78 is 20.2. The van der Waals surface area contributed by atoms with Crippen LogP contribution >= 0.6 is 0 Å². The zero-order valence-corrected chi connectivity index (χ0v) is 8.75. The Bertz CT molecular complexity index is 482. The molecule has 0 N–H and O–H groups in total. The van der Waals surface area contributed by atoms with Crippen LogP contribution in [0.2, 0.25) is 0 Å². The van der Waals surface area contributed by atoms with E-state index in [-0.39, 0.29) is 0 Å². The second kappa shape index (κ2) is 4.11. The fourth-order valence-corrected chi connectivity index (χ4v) is 1.89. The van der Waals surface area contributed by atoms with Crippen LogP contribution in [0.3, 0.4) is 0 Å². The minimum absolute atomic E-state index is 0.499. The van der Waals surface area contributed by atoms with Crippen LogP contribution in [0.1, 0.15) is 0 Å². The molecule has 1 unspecified atom stereocenters. The Kier molecular flexibility index (Phi) is 3.10. The third-order valence-electron chi connectivity index (χ3n) is 1.69. The molecule has 1 aromatic rings. The summed E-state index contributed by atoms with van der Waals surface area (Å²) in [5.74, 6) is 0.602. The van der Waals surface area contributed by atoms with Gasteiger partial charge in [-0.2, -0.15) is 5.26 Å². The zero-order chi connectivity index (χ0) is 10.6. The standard InChI is InChI=1S/C9H10N2O2S/c1-13-8-4-3-5-9(6-8)14(2,12)11-7-10/h3-6H,1-2H3. The molecule has 4 nitrogen and oxygen atoms in total. The fraction of sp³-hybridized carbons (Fsp3) is 0.222. The first-order valence-corrected chi connectivity index (χ1v) is 5.77. The molecule has 1 atom stereocenters. The molecule has 0 spiro atoms. The Morgan fingerprint density at radius 3 is 2.86 bits per heavy atom. The number of rotatable bonds is 2. The number of benzene rings is 1. The number of nitriles is 1. The molecular formula is C9H10N2O2S. The predicted octanol–water partition coefficient (Wildman–Crippen LogP) is 1.63. The highest BCUT2D eigenvalue weighted by Gasteiger charge is 2.06. The quantitative estimate of drug-likeness (QED) is 0.697. The van der Waals surface area contributed by atoms with Crippen LogP contribution in [0.5, 0.6) is 5.75 Å². The lowest BCUT2D eigenvalue weighted by Crippen LogP contribution is -1.97. The highest BCUT2D eigenvalue weighted by atomic mass is 32.2. The maximum absolute atomic E-state index is 11.8. The molecule has 0 saturated carbocycles. The van der Waals surface area contributed by atoms with Gasteiger partial charge in [0.1, 0.15) is 5.75 Å². The summed E-state index contributed by atoms with van der Waals surface area (Å²) in [6.45, 7) is 0. The number of hydrogen-bond acceptors (Lipinski definition) is 4. The Morgan fingerprint density at radius 1 is 1.57 bits per heavy atom. The lowest BCUT2D eigenvalue weighted by molar-refractivity contribution is 0.413. The van der Waals surface area contributed by atoms with Crippen molar-refractivity contribution in [3.05, 3.63) is 24.3 Å². The summed E-state index contributed by atoms with van der Waals surface area (Å²) in [4.78, 5) is 0.499. The van der Waals surface area contributed by atoms with Gasteiger partial charge < -0.3 is 4.74 Å². The van der Waals surface area contributed by atoms with Crippen molar-refractivity contribution in [1.29, 1.82) is 5.26 Å². The molecule has 1 rings (SSSR count). The van der Waals surface area contributed by atoms with Crippen molar-refractivity contribution in [3.8, 4) is 11.9 Å². The Hall–Kier alpha value is -1.54. The van der Waals surface area contributed by atoms with Crippen molar-refractivity contribution < 1.29 is 8.95 Å². The van der Waals surface area contributed by atoms with Crippen LogP contribution in [-0.4, -0.2) is 17.6 Å². The summed E-state index contributed by atoms with van der Waals surface area (Å²) in [5.41, 5.74) is 0. The molecule has 0 aliphatic rings. The summed E-state index contributed by atoms with van der Waals surface area (Å²) in [5, 5.41) is 8.36. The molecule has 74 valence electrons. The van der Waals surface area contributed by atoms with E-state index in [1.807, 2.05) is 0 Å². The SMILES string of the molecule is COc1cccc(S(C)(=O)=NC#N)c1. The Morgan fingerprint density at radius 2 is 2.29 bits per heavy atom. The summed E-state index contributed by atoms with van der Waals surface area (Å²) in [7, 11) is -1.08. The first-order chi connectivity index (χ1) is 6.60. The molecular weight excluding hydrogens is 200 g/mol. The third kappa shape index (κ3) is 2.24. The van der Waals surface area contributed by atoms with E-state index >= 15 is 0 Å². The topological polar surface area (TPSA) is 62.4 Å². The van der Waals surface area contributed by atoms with Gasteiger partial charge in [0.15, 0.2) is 0 Å². The van der Waals surface area contributed by atoms with Crippen LogP contribution in [0.4, 0.5) is 0 Å². The molecule has 0 amide bonds. The van der Waals surface area contributed by atoms with Crippen molar-refractivity contribution >= 4 is 9.73 Å². The van der Waals surface area contributed by atoms with E-state index in [2.05, 4.69) is 4.36 Å². The van der Waals surface area contributed by atoms with Gasteiger partial charge in [0, 0.05) is 6.26 Å². The van der Waals surface area contributed by atoms with Crippen LogP contribution in [0, 0.1) is 11.5 Å². The number of nitrogens with zero attached hydrogens (tertiary/aromatic N) is 2. The first kappa shape index (κ1) is 10.5. The van der Waals surface area contributed by atoms with E-state index in [0.717, 1.165) is 0 Å². The van der Waals surface area contributed by atoms with E-state index in [1.165, 1.54) is 13.4 Å². The van der Waals surface area contributed by atoms with Crippen molar-refractivity contribution in [2.45, 2.75) is 4.90 Å². The minimum atomic E-state index is -2.61. The molecule has 0 heterocycles. The lowest BCUT2D eigenvalue weighted by Gasteiger charge is -2.04. The van der Waals surface area contributed by atoms with Crippen molar-refractivity contribution in [2.75, 3.05) is 13.4 Å². The van der Waals surface area contributed by atoms with E-state index in [9.17, 15) is 4.21 Å². The molecule has 0 bridgehead atoms. The van der Waals surface area contributed by atoms with Crippen LogP contribution in [-0.2, 0) is 9.73 Å². The average molecular weight is 210 g/mol. The van der Waals surface area contributed by atoms with Crippen LogP contribution in [0.25, 0.3) is 0 Å². The van der Waals surface area contributed by atoms with Crippen molar-refractivity contribution in [2.24, 2.45) is 4.36 Å². The van der Waals surface area contributed by atoms with Gasteiger partial charge in [0.2, 0.25) is 6.19 Å². The van der Waals surface area contributed by atoms with Crippen LogP contribution in [0.15, 0.2) is 33.5 Å². The second-order valence-electron chi connectivity index (χ2n) is 2.67. The highest BCUT2D eigenvalue weighted by molar-refractivity contribution is 7.93. The monoisotopic (exact) mass is 210 g/mol. The van der Waals surface area contributed by atoms with Crippen molar-refractivity contribution in [1.82, 2.24) is 0 Å². The second-order valence-corrected chi connectivity index (χ2v) is 4.93. The summed E-state index contributed by atoms with van der Waals surface area (Å²) >= 11 is 0. The Balaban J connectivity index is 3.29. The van der Waals surface area contributed by atoms with Gasteiger partial charge in [-0.1, -0.05) is 6.07 Å². The summed E-state index contributed by atoms with van der Waals surface area (Å²) in [6, 6.07) is 6.73. The highest BCUT2D eigenvalue weighted by Crippen LogP contribution is 2.18. The van der Waals surface area contributed by atoms with Crippen LogP contribution < -0.4 is 4.74 Å². The molecule has 1 aromatic carbocycles. The largest absolute Gasteiger partial charge is 0.497 e. The lowest BCUT2D eigenvalue weighted by atomic mass is 10.3. The average Bonchev–Trinajstić information content (AvgIpc) is 2.18. The smallest absolute Gasteiger partial charge is 0.214 e. The summed E-state index contributed by atoms with van der Waals surface area (Å²) in [6.07, 6.45) is 2.97. The molecule has 0 aliphatic carbocycles. The molecule has 0 radical (unpaired) electrons. The van der Waals surface area contributed by atoms with Gasteiger partial charge in [0.05, 0.1) is 21.7 Å². The van der Waals surface area contributed by atoms with E-state index in [4.69, 9.17) is 10.00 Å². The molecule has 14 heavy (non-hydrogen) atoms. The van der Waals surface area contributed by atoms with Gasteiger partial charge >= 0.3 is 0 Å². The molecule has 0 aliphatic heterocycles. The van der Waals surface area contributed by atoms with E-state index < -0.39 is 9.73 Å². The fourth-order valence-electron chi connectivity index (χ4n) is 0.967. The predicted molar refractivity (Wildman–Crippen MR) is 53.4 cm³/mol. The minimum Gasteiger partial charge on any atom is -0.497 e. The van der Waals surface area contributed by atoms with Gasteiger partial charge in [-0.3, -0.25) is 0 Å². The maximum Gasteiger partial charge on any atom is 0.214 e. The zero-order valence-electron chi connectivity index (χ0n) is 7.93. The molecule has 0 saturated heterocycles. The molecule has 0 aromatic heterocycles. The molecule has 0 fully saturated rings. The van der Waals surface area contributed by atoms with Gasteiger partial charge in [-0.05, 0) is 18.2 Å². The number of hydrogen-bond donors (Lipinski definition) is 0. The maximum atomic E-state index is 11.8. The van der Waals surface area contributed by atoms with Gasteiger partial charge in [0.25, 0.3) is 0 Å². The molecule has 5 heteroatoms. The third-order valence-corrected chi connectivity index (χ3v) is 3.25. The number of ether oxygens (including phenoxy) is 1. The van der Waals surface area contributed by atoms with E-state index in [0.29, 0.717) is 10.6 Å². The number of methoxy groups -OCH3 is 1. The van der Waals surface area contributed by atoms with E-state index in [1.54, 1.807) is 30.5 Å². The Labute approximate surface area is 83.3 Å².